The number of cyclic esters (lactones) is 1. The third-order valence-electron chi connectivity index (χ3n) is 1.66. The molecule has 0 spiro atoms. The number of hydrogen-bond acceptors (Lipinski definition) is 3. The summed E-state index contributed by atoms with van der Waals surface area (Å²) in [6, 6.07) is 5.80. The number of halogens is 1. The van der Waals surface area contributed by atoms with Crippen molar-refractivity contribution >= 4 is 18.3 Å². The van der Waals surface area contributed by atoms with Crippen molar-refractivity contribution in [1.82, 2.24) is 0 Å². The topological polar surface area (TPSA) is 38.7 Å². The molecule has 0 aromatic heterocycles. The van der Waals surface area contributed by atoms with Crippen LogP contribution in [0.25, 0.3) is 6.08 Å². The first-order valence-electron chi connectivity index (χ1n) is 3.97. The molecule has 3 nitrogen and oxygen atoms in total. The second kappa shape index (κ2) is 3.41. The minimum absolute atomic E-state index is 0.224. The molecule has 14 heavy (non-hydrogen) atoms. The molecule has 0 aliphatic carbocycles. The van der Waals surface area contributed by atoms with Crippen LogP contribution in [0.3, 0.4) is 0 Å². The number of rotatable bonds is 1. The normalized spacial score (nSPS) is 17.5. The number of nitrogens with zero attached hydrogens (tertiary/aromatic N) is 1. The summed E-state index contributed by atoms with van der Waals surface area (Å²) in [6.07, 6.45) is 2.65. The molecule has 1 aliphatic heterocycles. The third-order valence-corrected chi connectivity index (χ3v) is 1.66. The van der Waals surface area contributed by atoms with Crippen LogP contribution < -0.4 is 0 Å². The van der Waals surface area contributed by atoms with Crippen LogP contribution in [-0.2, 0) is 9.53 Å². The van der Waals surface area contributed by atoms with E-state index in [0.717, 1.165) is 11.8 Å². The zero-order chi connectivity index (χ0) is 9.97. The fourth-order valence-electron chi connectivity index (χ4n) is 1.04. The molecule has 1 aromatic carbocycles. The molecule has 0 N–H and O–H groups in total. The Kier molecular flexibility index (Phi) is 2.10. The molecule has 2 rings (SSSR count). The molecule has 70 valence electrons. The maximum Gasteiger partial charge on any atom is 0.356 e. The predicted molar refractivity (Wildman–Crippen MR) is 49.0 cm³/mol. The second-order valence-electron chi connectivity index (χ2n) is 2.71. The second-order valence-corrected chi connectivity index (χ2v) is 2.71. The van der Waals surface area contributed by atoms with Gasteiger partial charge in [0, 0.05) is 6.08 Å². The lowest BCUT2D eigenvalue weighted by Crippen LogP contribution is -1.94. The van der Waals surface area contributed by atoms with Crippen LogP contribution in [0.15, 0.2) is 35.1 Å². The van der Waals surface area contributed by atoms with Crippen molar-refractivity contribution in [2.45, 2.75) is 0 Å². The van der Waals surface area contributed by atoms with E-state index in [1.807, 2.05) is 0 Å². The van der Waals surface area contributed by atoms with E-state index in [0.29, 0.717) is 0 Å². The number of benzene rings is 1. The predicted octanol–water partition coefficient (Wildman–Crippen LogP) is 1.75. The van der Waals surface area contributed by atoms with Crippen molar-refractivity contribution in [3.05, 3.63) is 41.5 Å². The lowest BCUT2D eigenvalue weighted by atomic mass is 10.2. The summed E-state index contributed by atoms with van der Waals surface area (Å²) < 4.78 is 17.2. The number of esters is 1. The maximum absolute atomic E-state index is 12.5. The number of carbonyl (C=O) groups excluding carboxylic acids is 1. The van der Waals surface area contributed by atoms with Gasteiger partial charge in [-0.15, -0.1) is 0 Å². The summed E-state index contributed by atoms with van der Waals surface area (Å²) >= 11 is 0. The van der Waals surface area contributed by atoms with E-state index >= 15 is 0 Å². The monoisotopic (exact) mass is 191 g/mol. The van der Waals surface area contributed by atoms with Gasteiger partial charge in [0.25, 0.3) is 0 Å². The molecule has 0 atom stereocenters. The Balaban J connectivity index is 2.22. The van der Waals surface area contributed by atoms with E-state index < -0.39 is 5.97 Å². The molecule has 1 heterocycles. The smallest absolute Gasteiger partial charge is 0.356 e. The van der Waals surface area contributed by atoms with Gasteiger partial charge in [0.05, 0.1) is 0 Å². The lowest BCUT2D eigenvalue weighted by molar-refractivity contribution is -0.129. The Labute approximate surface area is 79.5 Å². The highest BCUT2D eigenvalue weighted by molar-refractivity contribution is 6.25. The van der Waals surface area contributed by atoms with Gasteiger partial charge in [-0.05, 0) is 17.7 Å². The summed E-state index contributed by atoms with van der Waals surface area (Å²) in [6.45, 7) is 0. The summed E-state index contributed by atoms with van der Waals surface area (Å²) in [5.41, 5.74) is 0.730. The van der Waals surface area contributed by atoms with Crippen molar-refractivity contribution in [2.24, 2.45) is 4.99 Å². The molecule has 1 aliphatic rings. The summed E-state index contributed by atoms with van der Waals surface area (Å²) in [7, 11) is 0. The van der Waals surface area contributed by atoms with Crippen LogP contribution in [0.5, 0.6) is 0 Å². The minimum atomic E-state index is -0.488. The van der Waals surface area contributed by atoms with E-state index in [1.54, 1.807) is 18.2 Å². The van der Waals surface area contributed by atoms with Crippen LogP contribution in [0.4, 0.5) is 4.39 Å². The zero-order valence-corrected chi connectivity index (χ0v) is 7.11. The van der Waals surface area contributed by atoms with Gasteiger partial charge in [-0.3, -0.25) is 0 Å². The van der Waals surface area contributed by atoms with Crippen LogP contribution >= 0.6 is 0 Å². The maximum atomic E-state index is 12.5. The van der Waals surface area contributed by atoms with Gasteiger partial charge in [0.2, 0.25) is 5.88 Å². The number of ether oxygens (including phenoxy) is 1. The van der Waals surface area contributed by atoms with Gasteiger partial charge in [-0.2, -0.15) is 0 Å². The molecule has 0 amide bonds. The molecule has 0 fully saturated rings. The average molecular weight is 191 g/mol. The Morgan fingerprint density at radius 1 is 1.29 bits per heavy atom. The SMILES string of the molecule is O=C1C=N/C(=C\c2ccc(F)cc2)O1. The van der Waals surface area contributed by atoms with Gasteiger partial charge in [-0.25, -0.2) is 14.2 Å². The summed E-state index contributed by atoms with van der Waals surface area (Å²) in [4.78, 5) is 14.3. The Bertz CT molecular complexity index is 420. The van der Waals surface area contributed by atoms with Gasteiger partial charge < -0.3 is 4.74 Å². The molecule has 4 heteroatoms. The van der Waals surface area contributed by atoms with Gasteiger partial charge in [0.15, 0.2) is 0 Å². The fourth-order valence-corrected chi connectivity index (χ4v) is 1.04. The van der Waals surface area contributed by atoms with Crippen molar-refractivity contribution in [3.63, 3.8) is 0 Å². The number of carbonyl (C=O) groups is 1. The van der Waals surface area contributed by atoms with Crippen LogP contribution in [0, 0.1) is 5.82 Å². The zero-order valence-electron chi connectivity index (χ0n) is 7.11. The molecule has 0 radical (unpaired) electrons. The van der Waals surface area contributed by atoms with E-state index in [2.05, 4.69) is 4.99 Å². The summed E-state index contributed by atoms with van der Waals surface area (Å²) in [5.74, 6) is -0.570. The molecule has 0 unspecified atom stereocenters. The van der Waals surface area contributed by atoms with E-state index in [9.17, 15) is 9.18 Å². The Morgan fingerprint density at radius 3 is 2.57 bits per heavy atom. The number of aliphatic imine (C=N–C) groups is 1. The van der Waals surface area contributed by atoms with Crippen molar-refractivity contribution in [1.29, 1.82) is 0 Å². The highest BCUT2D eigenvalue weighted by Crippen LogP contribution is 2.12. The number of hydrogen-bond donors (Lipinski definition) is 0. The molecular formula is C10H6FNO2. The molecular weight excluding hydrogens is 185 g/mol. The van der Waals surface area contributed by atoms with Crippen molar-refractivity contribution in [2.75, 3.05) is 0 Å². The van der Waals surface area contributed by atoms with Gasteiger partial charge in [-0.1, -0.05) is 12.1 Å². The Morgan fingerprint density at radius 2 is 2.00 bits per heavy atom. The van der Waals surface area contributed by atoms with E-state index in [-0.39, 0.29) is 11.7 Å². The van der Waals surface area contributed by atoms with Crippen molar-refractivity contribution < 1.29 is 13.9 Å². The highest BCUT2D eigenvalue weighted by atomic mass is 19.1. The summed E-state index contributed by atoms with van der Waals surface area (Å²) in [5, 5.41) is 0. The third kappa shape index (κ3) is 1.85. The van der Waals surface area contributed by atoms with Crippen LogP contribution in [0.2, 0.25) is 0 Å². The molecule has 0 saturated carbocycles. The first-order valence-corrected chi connectivity index (χ1v) is 3.97. The molecule has 0 bridgehead atoms. The van der Waals surface area contributed by atoms with Crippen molar-refractivity contribution in [3.8, 4) is 0 Å². The van der Waals surface area contributed by atoms with E-state index in [1.165, 1.54) is 12.1 Å². The molecule has 1 aromatic rings. The Hall–Kier alpha value is -1.97. The van der Waals surface area contributed by atoms with Crippen LogP contribution in [-0.4, -0.2) is 12.2 Å². The fraction of sp³-hybridized carbons (Fsp3) is 0. The highest BCUT2D eigenvalue weighted by Gasteiger charge is 2.10. The van der Waals surface area contributed by atoms with E-state index in [4.69, 9.17) is 4.74 Å². The first-order chi connectivity index (χ1) is 6.74. The van der Waals surface area contributed by atoms with Gasteiger partial charge in [0.1, 0.15) is 12.0 Å². The lowest BCUT2D eigenvalue weighted by Gasteiger charge is -1.95. The average Bonchev–Trinajstić information content (AvgIpc) is 2.56. The standard InChI is InChI=1S/C10H6FNO2/c11-8-3-1-7(2-4-8)5-9-12-6-10(13)14-9/h1-6H/b9-5+. The van der Waals surface area contributed by atoms with Crippen LogP contribution in [0.1, 0.15) is 5.56 Å². The molecule has 0 saturated heterocycles. The first kappa shape index (κ1) is 8.62. The minimum Gasteiger partial charge on any atom is -0.403 e. The van der Waals surface area contributed by atoms with Gasteiger partial charge >= 0.3 is 5.97 Å². The quantitative estimate of drug-likeness (QED) is 0.634. The largest absolute Gasteiger partial charge is 0.403 e.